The van der Waals surface area contributed by atoms with Gasteiger partial charge in [-0.1, -0.05) is 0 Å². The van der Waals surface area contributed by atoms with Gasteiger partial charge in [-0.3, -0.25) is 0 Å². The van der Waals surface area contributed by atoms with E-state index in [1.54, 1.807) is 7.11 Å². The van der Waals surface area contributed by atoms with Gasteiger partial charge in [0.1, 0.15) is 5.75 Å². The monoisotopic (exact) mass is 249 g/mol. The number of nitrogens with zero attached hydrogens (tertiary/aromatic N) is 2. The third kappa shape index (κ3) is 2.70. The van der Waals surface area contributed by atoms with Gasteiger partial charge in [-0.05, 0) is 38.6 Å². The van der Waals surface area contributed by atoms with Crippen molar-refractivity contribution in [1.82, 2.24) is 4.90 Å². The normalized spacial score (nSPS) is 20.7. The van der Waals surface area contributed by atoms with Crippen LogP contribution < -0.4 is 15.4 Å². The Morgan fingerprint density at radius 2 is 2.22 bits per heavy atom. The van der Waals surface area contributed by atoms with E-state index in [-0.39, 0.29) is 0 Å². The molecule has 1 atom stereocenters. The van der Waals surface area contributed by atoms with E-state index in [1.165, 1.54) is 25.1 Å². The average Bonchev–Trinajstić information content (AvgIpc) is 2.38. The van der Waals surface area contributed by atoms with Crippen LogP contribution in [-0.2, 0) is 0 Å². The number of anilines is 2. The van der Waals surface area contributed by atoms with E-state index in [0.717, 1.165) is 12.3 Å². The Bertz CT molecular complexity index is 408. The van der Waals surface area contributed by atoms with E-state index in [9.17, 15) is 0 Å². The molecule has 1 aromatic rings. The quantitative estimate of drug-likeness (QED) is 0.830. The number of hydrogen-bond acceptors (Lipinski definition) is 4. The molecule has 1 aliphatic heterocycles. The Balaban J connectivity index is 2.14. The molecule has 0 amide bonds. The Morgan fingerprint density at radius 3 is 2.89 bits per heavy atom. The maximum absolute atomic E-state index is 5.85. The van der Waals surface area contributed by atoms with Crippen LogP contribution in [0.4, 0.5) is 11.4 Å². The lowest BCUT2D eigenvalue weighted by atomic mass is 10.0. The largest absolute Gasteiger partial charge is 0.495 e. The predicted molar refractivity (Wildman–Crippen MR) is 76.3 cm³/mol. The Labute approximate surface area is 109 Å². The van der Waals surface area contributed by atoms with Crippen LogP contribution in [0.2, 0.25) is 0 Å². The summed E-state index contributed by atoms with van der Waals surface area (Å²) in [5.41, 5.74) is 7.71. The number of nitrogen functional groups attached to an aromatic ring is 1. The van der Waals surface area contributed by atoms with Crippen molar-refractivity contribution in [3.8, 4) is 5.75 Å². The molecule has 4 heteroatoms. The summed E-state index contributed by atoms with van der Waals surface area (Å²) < 4.78 is 5.28. The van der Waals surface area contributed by atoms with Crippen LogP contribution >= 0.6 is 0 Å². The first-order valence-electron chi connectivity index (χ1n) is 6.46. The maximum Gasteiger partial charge on any atom is 0.143 e. The Hall–Kier alpha value is -1.42. The lowest BCUT2D eigenvalue weighted by Crippen LogP contribution is -2.45. The van der Waals surface area contributed by atoms with Crippen LogP contribution in [0.5, 0.6) is 5.75 Å². The molecule has 0 spiro atoms. The van der Waals surface area contributed by atoms with Crippen molar-refractivity contribution in [2.75, 3.05) is 44.9 Å². The minimum atomic E-state index is 0.567. The molecule has 18 heavy (non-hydrogen) atoms. The van der Waals surface area contributed by atoms with Gasteiger partial charge in [0, 0.05) is 31.4 Å². The van der Waals surface area contributed by atoms with E-state index < -0.39 is 0 Å². The minimum Gasteiger partial charge on any atom is -0.495 e. The maximum atomic E-state index is 5.85. The van der Waals surface area contributed by atoms with Gasteiger partial charge >= 0.3 is 0 Å². The van der Waals surface area contributed by atoms with E-state index in [0.29, 0.717) is 11.7 Å². The van der Waals surface area contributed by atoms with E-state index >= 15 is 0 Å². The summed E-state index contributed by atoms with van der Waals surface area (Å²) in [6.07, 6.45) is 2.51. The third-order valence-corrected chi connectivity index (χ3v) is 3.77. The SMILES string of the molecule is COc1cc(N(C)C2CCCN(C)C2)ccc1N. The number of benzene rings is 1. The molecular formula is C14H23N3O. The van der Waals surface area contributed by atoms with Crippen molar-refractivity contribution in [2.24, 2.45) is 0 Å². The topological polar surface area (TPSA) is 41.7 Å². The zero-order valence-electron chi connectivity index (χ0n) is 11.5. The first kappa shape index (κ1) is 13.0. The number of rotatable bonds is 3. The van der Waals surface area contributed by atoms with Gasteiger partial charge in [-0.25, -0.2) is 0 Å². The zero-order chi connectivity index (χ0) is 13.1. The summed E-state index contributed by atoms with van der Waals surface area (Å²) in [5.74, 6) is 0.753. The summed E-state index contributed by atoms with van der Waals surface area (Å²) in [5, 5.41) is 0. The van der Waals surface area contributed by atoms with Gasteiger partial charge in [0.15, 0.2) is 0 Å². The standard InChI is InChI=1S/C14H23N3O/c1-16-8-4-5-12(10-16)17(2)11-6-7-13(15)14(9-11)18-3/h6-7,9,12H,4-5,8,10,15H2,1-3H3. The molecule has 1 fully saturated rings. The fraction of sp³-hybridized carbons (Fsp3) is 0.571. The van der Waals surface area contributed by atoms with Crippen molar-refractivity contribution >= 4 is 11.4 Å². The molecule has 0 saturated carbocycles. The molecule has 1 aromatic carbocycles. The fourth-order valence-corrected chi connectivity index (χ4v) is 2.59. The van der Waals surface area contributed by atoms with Gasteiger partial charge in [0.25, 0.3) is 0 Å². The number of methoxy groups -OCH3 is 1. The molecule has 1 heterocycles. The van der Waals surface area contributed by atoms with Crippen molar-refractivity contribution < 1.29 is 4.74 Å². The number of likely N-dealkylation sites (N-methyl/N-ethyl adjacent to an activating group) is 2. The molecule has 0 aliphatic carbocycles. The highest BCUT2D eigenvalue weighted by molar-refractivity contribution is 5.62. The zero-order valence-corrected chi connectivity index (χ0v) is 11.5. The predicted octanol–water partition coefficient (Wildman–Crippen LogP) is 1.81. The van der Waals surface area contributed by atoms with Crippen LogP contribution in [0.15, 0.2) is 18.2 Å². The smallest absolute Gasteiger partial charge is 0.143 e. The second-order valence-corrected chi connectivity index (χ2v) is 5.10. The highest BCUT2D eigenvalue weighted by Gasteiger charge is 2.21. The summed E-state index contributed by atoms with van der Waals surface area (Å²) in [6.45, 7) is 2.32. The number of piperidine rings is 1. The van der Waals surface area contributed by atoms with Crippen LogP contribution in [0, 0.1) is 0 Å². The van der Waals surface area contributed by atoms with Gasteiger partial charge in [-0.2, -0.15) is 0 Å². The van der Waals surface area contributed by atoms with Crippen molar-refractivity contribution in [3.63, 3.8) is 0 Å². The van der Waals surface area contributed by atoms with Gasteiger partial charge in [-0.15, -0.1) is 0 Å². The second-order valence-electron chi connectivity index (χ2n) is 5.10. The minimum absolute atomic E-state index is 0.567. The lowest BCUT2D eigenvalue weighted by molar-refractivity contribution is 0.248. The molecule has 2 N–H and O–H groups in total. The van der Waals surface area contributed by atoms with E-state index in [2.05, 4.69) is 30.0 Å². The number of nitrogens with two attached hydrogens (primary N) is 1. The first-order chi connectivity index (χ1) is 8.61. The summed E-state index contributed by atoms with van der Waals surface area (Å²) in [6, 6.07) is 6.56. The molecule has 0 bridgehead atoms. The molecule has 1 saturated heterocycles. The molecular weight excluding hydrogens is 226 g/mol. The molecule has 1 unspecified atom stereocenters. The van der Waals surface area contributed by atoms with Crippen molar-refractivity contribution in [2.45, 2.75) is 18.9 Å². The molecule has 0 radical (unpaired) electrons. The van der Waals surface area contributed by atoms with Crippen LogP contribution in [0.1, 0.15) is 12.8 Å². The van der Waals surface area contributed by atoms with Crippen LogP contribution in [0.25, 0.3) is 0 Å². The average molecular weight is 249 g/mol. The fourth-order valence-electron chi connectivity index (χ4n) is 2.59. The molecule has 2 rings (SSSR count). The highest BCUT2D eigenvalue weighted by Crippen LogP contribution is 2.29. The Morgan fingerprint density at radius 1 is 1.44 bits per heavy atom. The van der Waals surface area contributed by atoms with E-state index in [1.807, 2.05) is 12.1 Å². The van der Waals surface area contributed by atoms with Crippen molar-refractivity contribution in [3.05, 3.63) is 18.2 Å². The highest BCUT2D eigenvalue weighted by atomic mass is 16.5. The molecule has 100 valence electrons. The molecule has 0 aromatic heterocycles. The number of hydrogen-bond donors (Lipinski definition) is 1. The van der Waals surface area contributed by atoms with Gasteiger partial charge < -0.3 is 20.3 Å². The summed E-state index contributed by atoms with van der Waals surface area (Å²) >= 11 is 0. The van der Waals surface area contributed by atoms with Crippen LogP contribution in [0.3, 0.4) is 0 Å². The Kier molecular flexibility index (Phi) is 3.97. The molecule has 4 nitrogen and oxygen atoms in total. The van der Waals surface area contributed by atoms with E-state index in [4.69, 9.17) is 10.5 Å². The second kappa shape index (κ2) is 5.48. The first-order valence-corrected chi connectivity index (χ1v) is 6.46. The van der Waals surface area contributed by atoms with Gasteiger partial charge in [0.2, 0.25) is 0 Å². The lowest BCUT2D eigenvalue weighted by Gasteiger charge is -2.37. The van der Waals surface area contributed by atoms with Gasteiger partial charge in [0.05, 0.1) is 12.8 Å². The van der Waals surface area contributed by atoms with Crippen molar-refractivity contribution in [1.29, 1.82) is 0 Å². The summed E-state index contributed by atoms with van der Waals surface area (Å²) in [7, 11) is 5.99. The van der Waals surface area contributed by atoms with Crippen LogP contribution in [-0.4, -0.2) is 45.2 Å². The number of ether oxygens (including phenoxy) is 1. The molecule has 1 aliphatic rings. The third-order valence-electron chi connectivity index (χ3n) is 3.77. The summed E-state index contributed by atoms with van der Waals surface area (Å²) in [4.78, 5) is 4.72. The number of likely N-dealkylation sites (tertiary alicyclic amines) is 1.